The Morgan fingerprint density at radius 2 is 2.05 bits per heavy atom. The number of benzene rings is 1. The lowest BCUT2D eigenvalue weighted by Crippen LogP contribution is -1.98. The summed E-state index contributed by atoms with van der Waals surface area (Å²) in [7, 11) is 1.64. The molecule has 0 saturated heterocycles. The Morgan fingerprint density at radius 1 is 1.30 bits per heavy atom. The van der Waals surface area contributed by atoms with Crippen molar-refractivity contribution in [2.45, 2.75) is 13.0 Å². The van der Waals surface area contributed by atoms with E-state index in [1.165, 1.54) is 0 Å². The van der Waals surface area contributed by atoms with Gasteiger partial charge in [-0.1, -0.05) is 12.1 Å². The van der Waals surface area contributed by atoms with E-state index in [-0.39, 0.29) is 6.42 Å². The summed E-state index contributed by atoms with van der Waals surface area (Å²) in [4.78, 5) is 4.14. The van der Waals surface area contributed by atoms with Crippen LogP contribution in [0.2, 0.25) is 0 Å². The molecule has 1 aromatic heterocycles. The minimum atomic E-state index is 0.270. The second kappa shape index (κ2) is 6.92. The lowest BCUT2D eigenvalue weighted by atomic mass is 10.2. The van der Waals surface area contributed by atoms with E-state index in [1.54, 1.807) is 19.4 Å². The molecule has 20 heavy (non-hydrogen) atoms. The predicted molar refractivity (Wildman–Crippen MR) is 78.6 cm³/mol. The van der Waals surface area contributed by atoms with Crippen molar-refractivity contribution in [3.05, 3.63) is 52.3 Å². The Kier molecular flexibility index (Phi) is 4.97. The summed E-state index contributed by atoms with van der Waals surface area (Å²) in [6.07, 6.45) is 1.92. The zero-order valence-corrected chi connectivity index (χ0v) is 12.6. The van der Waals surface area contributed by atoms with Gasteiger partial charge in [-0.15, -0.1) is 0 Å². The first kappa shape index (κ1) is 14.4. The second-order valence-corrected chi connectivity index (χ2v) is 4.93. The van der Waals surface area contributed by atoms with Gasteiger partial charge < -0.3 is 9.47 Å². The van der Waals surface area contributed by atoms with Gasteiger partial charge in [-0.05, 0) is 33.6 Å². The van der Waals surface area contributed by atoms with Crippen LogP contribution < -0.4 is 9.47 Å². The number of halogens is 1. The van der Waals surface area contributed by atoms with Crippen LogP contribution in [-0.4, -0.2) is 12.1 Å². The minimum absolute atomic E-state index is 0.270. The Morgan fingerprint density at radius 3 is 2.70 bits per heavy atom. The van der Waals surface area contributed by atoms with E-state index in [2.05, 4.69) is 27.0 Å². The zero-order chi connectivity index (χ0) is 14.4. The van der Waals surface area contributed by atoms with Crippen LogP contribution in [0.1, 0.15) is 11.3 Å². The van der Waals surface area contributed by atoms with Crippen LogP contribution in [0.15, 0.2) is 41.0 Å². The Bertz CT molecular complexity index is 621. The molecule has 0 spiro atoms. The number of aromatic nitrogens is 1. The van der Waals surface area contributed by atoms with Crippen LogP contribution in [0.25, 0.3) is 0 Å². The highest BCUT2D eigenvalue weighted by molar-refractivity contribution is 9.10. The molecule has 0 aliphatic heterocycles. The van der Waals surface area contributed by atoms with Crippen molar-refractivity contribution in [3.8, 4) is 17.6 Å². The van der Waals surface area contributed by atoms with E-state index < -0.39 is 0 Å². The molecule has 0 bridgehead atoms. The molecule has 0 aliphatic carbocycles. The highest BCUT2D eigenvalue weighted by Crippen LogP contribution is 2.25. The van der Waals surface area contributed by atoms with Gasteiger partial charge in [0.2, 0.25) is 0 Å². The molecule has 4 nitrogen and oxygen atoms in total. The molecule has 0 amide bonds. The Labute approximate surface area is 126 Å². The quantitative estimate of drug-likeness (QED) is 0.840. The van der Waals surface area contributed by atoms with Crippen LogP contribution in [0.3, 0.4) is 0 Å². The number of pyridine rings is 1. The van der Waals surface area contributed by atoms with Crippen LogP contribution in [0.4, 0.5) is 0 Å². The predicted octanol–water partition coefficient (Wildman–Crippen LogP) is 3.50. The number of nitriles is 1. The number of nitrogens with zero attached hydrogens (tertiary/aromatic N) is 2. The first-order chi connectivity index (χ1) is 9.72. The average molecular weight is 333 g/mol. The number of hydrogen-bond acceptors (Lipinski definition) is 4. The topological polar surface area (TPSA) is 55.1 Å². The molecule has 5 heteroatoms. The Balaban J connectivity index is 2.05. The molecule has 0 unspecified atom stereocenters. The van der Waals surface area contributed by atoms with Gasteiger partial charge in [0, 0.05) is 12.3 Å². The van der Waals surface area contributed by atoms with E-state index >= 15 is 0 Å². The minimum Gasteiger partial charge on any atom is -0.497 e. The summed E-state index contributed by atoms with van der Waals surface area (Å²) < 4.78 is 11.6. The standard InChI is InChI=1S/C15H13BrN2O2/c1-19-13-4-2-11(3-5-13)10-20-15-8-12(6-7-17)18-9-14(15)16/h2-5,8-9H,6,10H2,1H3. The molecule has 102 valence electrons. The maximum absolute atomic E-state index is 8.68. The van der Waals surface area contributed by atoms with Crippen LogP contribution in [-0.2, 0) is 13.0 Å². The summed E-state index contributed by atoms with van der Waals surface area (Å²) in [6, 6.07) is 11.5. The SMILES string of the molecule is COc1ccc(COc2cc(CC#N)ncc2Br)cc1. The third-order valence-corrected chi connectivity index (χ3v) is 3.29. The monoisotopic (exact) mass is 332 g/mol. The normalized spacial score (nSPS) is 9.85. The molecule has 2 aromatic rings. The van der Waals surface area contributed by atoms with Gasteiger partial charge in [0.15, 0.2) is 0 Å². The third kappa shape index (κ3) is 3.72. The van der Waals surface area contributed by atoms with Crippen LogP contribution >= 0.6 is 15.9 Å². The third-order valence-electron chi connectivity index (χ3n) is 2.69. The van der Waals surface area contributed by atoms with E-state index in [4.69, 9.17) is 14.7 Å². The maximum Gasteiger partial charge on any atom is 0.137 e. The number of methoxy groups -OCH3 is 1. The van der Waals surface area contributed by atoms with Gasteiger partial charge in [0.05, 0.1) is 29.8 Å². The fourth-order valence-corrected chi connectivity index (χ4v) is 1.96. The second-order valence-electron chi connectivity index (χ2n) is 4.08. The van der Waals surface area contributed by atoms with E-state index in [0.717, 1.165) is 15.8 Å². The van der Waals surface area contributed by atoms with Gasteiger partial charge in [0.1, 0.15) is 18.1 Å². The highest BCUT2D eigenvalue weighted by atomic mass is 79.9. The lowest BCUT2D eigenvalue weighted by Gasteiger charge is -2.09. The summed E-state index contributed by atoms with van der Waals surface area (Å²) in [6.45, 7) is 0.443. The summed E-state index contributed by atoms with van der Waals surface area (Å²) in [5, 5.41) is 8.68. The largest absolute Gasteiger partial charge is 0.497 e. The molecule has 0 N–H and O–H groups in total. The van der Waals surface area contributed by atoms with Gasteiger partial charge in [-0.3, -0.25) is 4.98 Å². The molecule has 1 aromatic carbocycles. The summed E-state index contributed by atoms with van der Waals surface area (Å²) >= 11 is 3.39. The van der Waals surface area contributed by atoms with Gasteiger partial charge in [0.25, 0.3) is 0 Å². The molecule has 0 radical (unpaired) electrons. The molecule has 0 aliphatic rings. The fraction of sp³-hybridized carbons (Fsp3) is 0.200. The smallest absolute Gasteiger partial charge is 0.137 e. The van der Waals surface area contributed by atoms with Crippen molar-refractivity contribution in [2.75, 3.05) is 7.11 Å². The summed E-state index contributed by atoms with van der Waals surface area (Å²) in [5.41, 5.74) is 1.73. The molecule has 1 heterocycles. The first-order valence-corrected chi connectivity index (χ1v) is 6.79. The van der Waals surface area contributed by atoms with Gasteiger partial charge >= 0.3 is 0 Å². The summed E-state index contributed by atoms with van der Waals surface area (Å²) in [5.74, 6) is 1.50. The van der Waals surface area contributed by atoms with Gasteiger partial charge in [-0.2, -0.15) is 5.26 Å². The maximum atomic E-state index is 8.68. The van der Waals surface area contributed by atoms with Crippen molar-refractivity contribution in [2.24, 2.45) is 0 Å². The highest BCUT2D eigenvalue weighted by Gasteiger charge is 2.05. The molecule has 0 atom stereocenters. The number of hydrogen-bond donors (Lipinski definition) is 0. The van der Waals surface area contributed by atoms with Crippen LogP contribution in [0, 0.1) is 11.3 Å². The Hall–Kier alpha value is -2.06. The van der Waals surface area contributed by atoms with Crippen molar-refractivity contribution in [1.82, 2.24) is 4.98 Å². The van der Waals surface area contributed by atoms with Crippen LogP contribution in [0.5, 0.6) is 11.5 Å². The lowest BCUT2D eigenvalue weighted by molar-refractivity contribution is 0.303. The zero-order valence-electron chi connectivity index (χ0n) is 11.0. The molecular weight excluding hydrogens is 320 g/mol. The van der Waals surface area contributed by atoms with Gasteiger partial charge in [-0.25, -0.2) is 0 Å². The first-order valence-electron chi connectivity index (χ1n) is 6.00. The van der Waals surface area contributed by atoms with E-state index in [0.29, 0.717) is 18.1 Å². The molecular formula is C15H13BrN2O2. The van der Waals surface area contributed by atoms with Crippen molar-refractivity contribution < 1.29 is 9.47 Å². The van der Waals surface area contributed by atoms with E-state index in [9.17, 15) is 0 Å². The number of rotatable bonds is 5. The van der Waals surface area contributed by atoms with Crippen molar-refractivity contribution >= 4 is 15.9 Å². The van der Waals surface area contributed by atoms with Crippen molar-refractivity contribution in [3.63, 3.8) is 0 Å². The molecule has 0 saturated carbocycles. The fourth-order valence-electron chi connectivity index (χ4n) is 1.63. The average Bonchev–Trinajstić information content (AvgIpc) is 2.48. The molecule has 0 fully saturated rings. The van der Waals surface area contributed by atoms with E-state index in [1.807, 2.05) is 24.3 Å². The van der Waals surface area contributed by atoms with Crippen molar-refractivity contribution in [1.29, 1.82) is 5.26 Å². The number of ether oxygens (including phenoxy) is 2. The molecule has 2 rings (SSSR count).